The van der Waals surface area contributed by atoms with Gasteiger partial charge in [0.15, 0.2) is 4.90 Å². The van der Waals surface area contributed by atoms with Crippen molar-refractivity contribution < 1.29 is 13.3 Å². The van der Waals surface area contributed by atoms with Gasteiger partial charge in [0.25, 0.3) is 15.7 Å². The van der Waals surface area contributed by atoms with Gasteiger partial charge in [-0.3, -0.25) is 14.8 Å². The maximum absolute atomic E-state index is 12.0. The second kappa shape index (κ2) is 4.74. The van der Waals surface area contributed by atoms with E-state index in [9.17, 15) is 18.5 Å². The van der Waals surface area contributed by atoms with Crippen LogP contribution in [0.5, 0.6) is 0 Å². The molecule has 0 aliphatic rings. The smallest absolute Gasteiger partial charge is 0.290 e. The molecule has 0 unspecified atom stereocenters. The van der Waals surface area contributed by atoms with E-state index in [1.165, 1.54) is 6.07 Å². The van der Waals surface area contributed by atoms with Gasteiger partial charge in [-0.15, -0.1) is 0 Å². The molecule has 10 nitrogen and oxygen atoms in total. The van der Waals surface area contributed by atoms with Crippen LogP contribution in [0.1, 0.15) is 0 Å². The standard InChI is InChI=1S/C7H6N6O4S2/c8-4-1-2-5(13(14)15)6(3-4)19(16,17)10-7-9-11-12-18-7/h1-3H,8H2,(H,9,10,12). The molecule has 1 aromatic carbocycles. The molecular weight excluding hydrogens is 296 g/mol. The SMILES string of the molecule is Nc1ccc([N+](=O)[O-])c(S(=O)(=O)Nc2nnns2)c1. The first-order chi connectivity index (χ1) is 8.90. The number of hydrogen-bond donors (Lipinski definition) is 2. The Morgan fingerprint density at radius 3 is 2.74 bits per heavy atom. The highest BCUT2D eigenvalue weighted by Crippen LogP contribution is 2.27. The van der Waals surface area contributed by atoms with Crippen molar-refractivity contribution in [3.05, 3.63) is 28.3 Å². The zero-order valence-electron chi connectivity index (χ0n) is 9.05. The van der Waals surface area contributed by atoms with E-state index in [2.05, 4.69) is 14.8 Å². The van der Waals surface area contributed by atoms with Gasteiger partial charge in [-0.1, -0.05) is 9.59 Å². The van der Waals surface area contributed by atoms with E-state index in [4.69, 9.17) is 5.73 Å². The molecule has 0 amide bonds. The van der Waals surface area contributed by atoms with Gasteiger partial charge in [0.05, 0.1) is 4.92 Å². The van der Waals surface area contributed by atoms with Gasteiger partial charge in [-0.25, -0.2) is 8.42 Å². The van der Waals surface area contributed by atoms with Crippen molar-refractivity contribution in [1.29, 1.82) is 0 Å². The summed E-state index contributed by atoms with van der Waals surface area (Å²) in [6, 6.07) is 3.25. The fourth-order valence-electron chi connectivity index (χ4n) is 1.24. The van der Waals surface area contributed by atoms with E-state index in [1.54, 1.807) is 0 Å². The van der Waals surface area contributed by atoms with Crippen LogP contribution >= 0.6 is 11.5 Å². The Labute approximate surface area is 110 Å². The zero-order chi connectivity index (χ0) is 14.0. The maximum Gasteiger partial charge on any atom is 0.290 e. The minimum Gasteiger partial charge on any atom is -0.399 e. The maximum atomic E-state index is 12.0. The number of aromatic nitrogens is 3. The number of benzene rings is 1. The van der Waals surface area contributed by atoms with Gasteiger partial charge in [0, 0.05) is 23.3 Å². The molecule has 2 aromatic rings. The number of nitrogen functional groups attached to an aromatic ring is 1. The van der Waals surface area contributed by atoms with Gasteiger partial charge in [-0.2, -0.15) is 0 Å². The van der Waals surface area contributed by atoms with Crippen LogP contribution in [0, 0.1) is 10.1 Å². The molecule has 0 aliphatic carbocycles. The van der Waals surface area contributed by atoms with Crippen LogP contribution in [-0.2, 0) is 10.0 Å². The highest BCUT2D eigenvalue weighted by atomic mass is 32.2. The lowest BCUT2D eigenvalue weighted by Crippen LogP contribution is -2.15. The Morgan fingerprint density at radius 1 is 1.42 bits per heavy atom. The van der Waals surface area contributed by atoms with Crippen LogP contribution in [-0.4, -0.2) is 28.1 Å². The molecule has 0 radical (unpaired) electrons. The first kappa shape index (κ1) is 13.1. The minimum atomic E-state index is -4.19. The molecule has 0 atom stereocenters. The van der Waals surface area contributed by atoms with Crippen LogP contribution in [0.4, 0.5) is 16.5 Å². The molecule has 2 rings (SSSR count). The van der Waals surface area contributed by atoms with Crippen LogP contribution in [0.2, 0.25) is 0 Å². The number of nitro groups is 1. The third kappa shape index (κ3) is 2.74. The predicted octanol–water partition coefficient (Wildman–Crippen LogP) is 0.224. The number of nitro benzene ring substituents is 1. The topological polar surface area (TPSA) is 154 Å². The van der Waals surface area contributed by atoms with Crippen molar-refractivity contribution in [3.8, 4) is 0 Å². The fraction of sp³-hybridized carbons (Fsp3) is 0. The minimum absolute atomic E-state index is 0.0846. The largest absolute Gasteiger partial charge is 0.399 e. The highest BCUT2D eigenvalue weighted by Gasteiger charge is 2.27. The summed E-state index contributed by atoms with van der Waals surface area (Å²) in [7, 11) is -4.19. The molecular formula is C7H6N6O4S2. The van der Waals surface area contributed by atoms with E-state index < -0.39 is 25.5 Å². The number of nitrogens with two attached hydrogens (primary N) is 1. The van der Waals surface area contributed by atoms with Crippen LogP contribution in [0.3, 0.4) is 0 Å². The number of hydrogen-bond acceptors (Lipinski definition) is 9. The molecule has 0 aliphatic heterocycles. The van der Waals surface area contributed by atoms with Gasteiger partial charge in [0.1, 0.15) is 0 Å². The number of nitrogens with one attached hydrogen (secondary N) is 1. The van der Waals surface area contributed by atoms with Crippen molar-refractivity contribution in [2.45, 2.75) is 4.90 Å². The first-order valence-corrected chi connectivity index (χ1v) is 6.87. The lowest BCUT2D eigenvalue weighted by molar-refractivity contribution is -0.387. The van der Waals surface area contributed by atoms with Crippen molar-refractivity contribution in [2.75, 3.05) is 10.5 Å². The van der Waals surface area contributed by atoms with Gasteiger partial charge < -0.3 is 5.73 Å². The summed E-state index contributed by atoms with van der Waals surface area (Å²) in [6.07, 6.45) is 0. The molecule has 100 valence electrons. The molecule has 12 heteroatoms. The quantitative estimate of drug-likeness (QED) is 0.462. The Morgan fingerprint density at radius 2 is 2.16 bits per heavy atom. The lowest BCUT2D eigenvalue weighted by Gasteiger charge is -2.05. The summed E-state index contributed by atoms with van der Waals surface area (Å²) in [6.45, 7) is 0. The summed E-state index contributed by atoms with van der Waals surface area (Å²) < 4.78 is 29.4. The van der Waals surface area contributed by atoms with E-state index >= 15 is 0 Å². The van der Waals surface area contributed by atoms with Crippen molar-refractivity contribution in [3.63, 3.8) is 0 Å². The molecule has 0 bridgehead atoms. The normalized spacial score (nSPS) is 11.2. The summed E-state index contributed by atoms with van der Waals surface area (Å²) in [5.41, 5.74) is 4.95. The van der Waals surface area contributed by atoms with Crippen LogP contribution in [0.15, 0.2) is 23.1 Å². The van der Waals surface area contributed by atoms with Crippen molar-refractivity contribution >= 4 is 38.1 Å². The van der Waals surface area contributed by atoms with Gasteiger partial charge in [-0.05, 0) is 17.3 Å². The Balaban J connectivity index is 2.50. The van der Waals surface area contributed by atoms with Crippen molar-refractivity contribution in [2.24, 2.45) is 0 Å². The summed E-state index contributed by atoms with van der Waals surface area (Å²) in [5, 5.41) is 17.3. The summed E-state index contributed by atoms with van der Waals surface area (Å²) in [4.78, 5) is 9.46. The third-order valence-electron chi connectivity index (χ3n) is 1.99. The summed E-state index contributed by atoms with van der Waals surface area (Å²) >= 11 is 0.699. The molecule has 3 N–H and O–H groups in total. The number of rotatable bonds is 4. The van der Waals surface area contributed by atoms with E-state index in [-0.39, 0.29) is 10.8 Å². The van der Waals surface area contributed by atoms with Gasteiger partial charge in [0.2, 0.25) is 5.13 Å². The molecule has 1 heterocycles. The molecule has 19 heavy (non-hydrogen) atoms. The second-order valence-electron chi connectivity index (χ2n) is 3.26. The van der Waals surface area contributed by atoms with Crippen LogP contribution in [0.25, 0.3) is 0 Å². The average Bonchev–Trinajstić information content (AvgIpc) is 2.80. The average molecular weight is 302 g/mol. The van der Waals surface area contributed by atoms with Crippen LogP contribution < -0.4 is 10.5 Å². The van der Waals surface area contributed by atoms with Gasteiger partial charge >= 0.3 is 0 Å². The second-order valence-corrected chi connectivity index (χ2v) is 5.64. The Bertz CT molecular complexity index is 713. The molecule has 0 spiro atoms. The van der Waals surface area contributed by atoms with Crippen molar-refractivity contribution in [1.82, 2.24) is 14.8 Å². The van der Waals surface area contributed by atoms with E-state index in [0.29, 0.717) is 11.5 Å². The number of nitrogens with zero attached hydrogens (tertiary/aromatic N) is 4. The number of sulfonamides is 1. The fourth-order valence-corrected chi connectivity index (χ4v) is 3.03. The molecule has 0 fully saturated rings. The molecule has 1 aromatic heterocycles. The predicted molar refractivity (Wildman–Crippen MR) is 66.0 cm³/mol. The third-order valence-corrected chi connectivity index (χ3v) is 4.00. The molecule has 0 saturated carbocycles. The Kier molecular flexibility index (Phi) is 3.26. The first-order valence-electron chi connectivity index (χ1n) is 4.62. The zero-order valence-corrected chi connectivity index (χ0v) is 10.7. The number of anilines is 2. The van der Waals surface area contributed by atoms with E-state index in [0.717, 1.165) is 12.1 Å². The monoisotopic (exact) mass is 302 g/mol. The Hall–Kier alpha value is -2.34. The van der Waals surface area contributed by atoms with E-state index in [1.807, 2.05) is 4.72 Å². The summed E-state index contributed by atoms with van der Waals surface area (Å²) in [5.74, 6) is 0. The lowest BCUT2D eigenvalue weighted by atomic mass is 10.3. The highest BCUT2D eigenvalue weighted by molar-refractivity contribution is 7.93. The molecule has 0 saturated heterocycles.